The summed E-state index contributed by atoms with van der Waals surface area (Å²) in [6.45, 7) is 3.91. The van der Waals surface area contributed by atoms with Gasteiger partial charge in [0.15, 0.2) is 5.52 Å². The number of sulfonamides is 1. The quantitative estimate of drug-likeness (QED) is 0.848. The van der Waals surface area contributed by atoms with E-state index in [4.69, 9.17) is 0 Å². The van der Waals surface area contributed by atoms with E-state index in [-0.39, 0.29) is 17.0 Å². The van der Waals surface area contributed by atoms with Crippen LogP contribution in [0.5, 0.6) is 0 Å². The number of hydrogen-bond acceptors (Lipinski definition) is 5. The third kappa shape index (κ3) is 2.01. The summed E-state index contributed by atoms with van der Waals surface area (Å²) >= 11 is 0. The molecule has 108 valence electrons. The van der Waals surface area contributed by atoms with E-state index in [1.807, 2.05) is 13.8 Å². The Morgan fingerprint density at radius 3 is 2.60 bits per heavy atom. The van der Waals surface area contributed by atoms with Crippen molar-refractivity contribution >= 4 is 21.1 Å². The summed E-state index contributed by atoms with van der Waals surface area (Å²) in [4.78, 5) is 0.178. The van der Waals surface area contributed by atoms with Gasteiger partial charge in [-0.25, -0.2) is 13.0 Å². The van der Waals surface area contributed by atoms with Gasteiger partial charge in [-0.1, -0.05) is 12.5 Å². The standard InChI is InChI=1S/C13H17N3O3S/c1-9-5-3-6-10(2)16(9)20(17,18)12-8-4-7-11-13(12)15-19-14-11/h4,7-10H,3,5-6H2,1-2H3/t9-,10+. The summed E-state index contributed by atoms with van der Waals surface area (Å²) in [5.74, 6) is 0. The van der Waals surface area contributed by atoms with Crippen LogP contribution in [0, 0.1) is 0 Å². The van der Waals surface area contributed by atoms with Gasteiger partial charge in [0.05, 0.1) is 0 Å². The molecule has 0 radical (unpaired) electrons. The number of piperidine rings is 1. The van der Waals surface area contributed by atoms with Crippen LogP contribution in [0.3, 0.4) is 0 Å². The summed E-state index contributed by atoms with van der Waals surface area (Å²) in [5, 5.41) is 7.44. The van der Waals surface area contributed by atoms with Gasteiger partial charge in [-0.05, 0) is 49.1 Å². The minimum atomic E-state index is -3.59. The molecule has 1 fully saturated rings. The fourth-order valence-corrected chi connectivity index (χ4v) is 5.00. The Bertz CT molecular complexity index is 715. The lowest BCUT2D eigenvalue weighted by Gasteiger charge is -2.37. The molecule has 0 amide bonds. The average molecular weight is 295 g/mol. The summed E-state index contributed by atoms with van der Waals surface area (Å²) in [6, 6.07) is 4.92. The van der Waals surface area contributed by atoms with Gasteiger partial charge in [0, 0.05) is 12.1 Å². The number of hydrogen-bond donors (Lipinski definition) is 0. The van der Waals surface area contributed by atoms with Crippen LogP contribution in [0.2, 0.25) is 0 Å². The highest BCUT2D eigenvalue weighted by Gasteiger charge is 2.37. The van der Waals surface area contributed by atoms with Gasteiger partial charge in [-0.2, -0.15) is 4.31 Å². The molecule has 0 N–H and O–H groups in total. The second-order valence-corrected chi connectivity index (χ2v) is 7.16. The van der Waals surface area contributed by atoms with E-state index in [0.717, 1.165) is 19.3 Å². The van der Waals surface area contributed by atoms with Crippen molar-refractivity contribution in [2.75, 3.05) is 0 Å². The van der Waals surface area contributed by atoms with Gasteiger partial charge in [-0.3, -0.25) is 0 Å². The van der Waals surface area contributed by atoms with Gasteiger partial charge < -0.3 is 0 Å². The summed E-state index contributed by atoms with van der Waals surface area (Å²) in [7, 11) is -3.59. The minimum absolute atomic E-state index is 0.00105. The van der Waals surface area contributed by atoms with Crippen LogP contribution in [0.4, 0.5) is 0 Å². The molecule has 6 nitrogen and oxygen atoms in total. The van der Waals surface area contributed by atoms with Gasteiger partial charge in [-0.15, -0.1) is 0 Å². The van der Waals surface area contributed by atoms with Crippen LogP contribution in [-0.4, -0.2) is 35.1 Å². The zero-order valence-electron chi connectivity index (χ0n) is 11.5. The molecule has 20 heavy (non-hydrogen) atoms. The Morgan fingerprint density at radius 2 is 1.90 bits per heavy atom. The number of aromatic nitrogens is 2. The molecule has 7 heteroatoms. The highest BCUT2D eigenvalue weighted by Crippen LogP contribution is 2.31. The van der Waals surface area contributed by atoms with Crippen molar-refractivity contribution in [3.05, 3.63) is 18.2 Å². The molecule has 0 spiro atoms. The molecule has 0 bridgehead atoms. The minimum Gasteiger partial charge on any atom is -0.243 e. The van der Waals surface area contributed by atoms with Crippen LogP contribution in [0.25, 0.3) is 11.0 Å². The van der Waals surface area contributed by atoms with E-state index in [2.05, 4.69) is 14.9 Å². The molecule has 1 aromatic carbocycles. The topological polar surface area (TPSA) is 76.3 Å². The fraction of sp³-hybridized carbons (Fsp3) is 0.538. The van der Waals surface area contributed by atoms with E-state index in [9.17, 15) is 8.42 Å². The smallest absolute Gasteiger partial charge is 0.243 e. The van der Waals surface area contributed by atoms with Crippen molar-refractivity contribution in [3.63, 3.8) is 0 Å². The highest BCUT2D eigenvalue weighted by atomic mass is 32.2. The molecule has 3 rings (SSSR count). The molecule has 1 aliphatic rings. The zero-order chi connectivity index (χ0) is 14.3. The fourth-order valence-electron chi connectivity index (χ4n) is 2.97. The average Bonchev–Trinajstić information content (AvgIpc) is 2.85. The Kier molecular flexibility index (Phi) is 3.25. The first kappa shape index (κ1) is 13.5. The van der Waals surface area contributed by atoms with Crippen molar-refractivity contribution in [2.45, 2.75) is 50.1 Å². The highest BCUT2D eigenvalue weighted by molar-refractivity contribution is 7.89. The monoisotopic (exact) mass is 295 g/mol. The predicted octanol–water partition coefficient (Wildman–Crippen LogP) is 2.17. The predicted molar refractivity (Wildman–Crippen MR) is 73.6 cm³/mol. The molecule has 2 atom stereocenters. The molecule has 0 saturated carbocycles. The molecule has 0 aliphatic carbocycles. The maximum atomic E-state index is 12.9. The first-order chi connectivity index (χ1) is 9.51. The largest absolute Gasteiger partial charge is 0.245 e. The second-order valence-electron chi connectivity index (χ2n) is 5.35. The lowest BCUT2D eigenvalue weighted by Crippen LogP contribution is -2.47. The van der Waals surface area contributed by atoms with Crippen molar-refractivity contribution < 1.29 is 13.0 Å². The third-order valence-electron chi connectivity index (χ3n) is 3.92. The van der Waals surface area contributed by atoms with Crippen LogP contribution >= 0.6 is 0 Å². The molecule has 1 aliphatic heterocycles. The summed E-state index contributed by atoms with van der Waals surface area (Å²) in [6.07, 6.45) is 2.83. The normalized spacial score (nSPS) is 25.1. The molecule has 1 aromatic heterocycles. The Morgan fingerprint density at radius 1 is 1.20 bits per heavy atom. The number of rotatable bonds is 2. The molecule has 2 aromatic rings. The van der Waals surface area contributed by atoms with Gasteiger partial charge in [0.25, 0.3) is 0 Å². The van der Waals surface area contributed by atoms with E-state index < -0.39 is 10.0 Å². The third-order valence-corrected chi connectivity index (χ3v) is 6.08. The van der Waals surface area contributed by atoms with Crippen molar-refractivity contribution in [2.24, 2.45) is 0 Å². The maximum Gasteiger partial charge on any atom is 0.245 e. The molecule has 0 unspecified atom stereocenters. The molecule has 1 saturated heterocycles. The van der Waals surface area contributed by atoms with E-state index in [1.165, 1.54) is 0 Å². The summed E-state index contributed by atoms with van der Waals surface area (Å²) < 4.78 is 32.1. The van der Waals surface area contributed by atoms with Gasteiger partial charge in [0.2, 0.25) is 10.0 Å². The van der Waals surface area contributed by atoms with Crippen molar-refractivity contribution in [3.8, 4) is 0 Å². The Hall–Kier alpha value is -1.47. The first-order valence-corrected chi connectivity index (χ1v) is 8.20. The maximum absolute atomic E-state index is 12.9. The number of nitrogens with zero attached hydrogens (tertiary/aromatic N) is 3. The van der Waals surface area contributed by atoms with Crippen molar-refractivity contribution in [1.82, 2.24) is 14.6 Å². The molecule has 2 heterocycles. The summed E-state index contributed by atoms with van der Waals surface area (Å²) in [5.41, 5.74) is 0.765. The van der Waals surface area contributed by atoms with Gasteiger partial charge >= 0.3 is 0 Å². The van der Waals surface area contributed by atoms with Crippen LogP contribution < -0.4 is 0 Å². The van der Waals surface area contributed by atoms with Crippen LogP contribution in [0.15, 0.2) is 27.7 Å². The Labute approximate surface area is 117 Å². The second kappa shape index (κ2) is 4.82. The first-order valence-electron chi connectivity index (χ1n) is 6.76. The van der Waals surface area contributed by atoms with E-state index >= 15 is 0 Å². The number of benzene rings is 1. The molecular formula is C13H17N3O3S. The van der Waals surface area contributed by atoms with Crippen LogP contribution in [0.1, 0.15) is 33.1 Å². The number of fused-ring (bicyclic) bond motifs is 1. The lowest BCUT2D eigenvalue weighted by atomic mass is 10.0. The van der Waals surface area contributed by atoms with Crippen LogP contribution in [-0.2, 0) is 10.0 Å². The Balaban J connectivity index is 2.14. The zero-order valence-corrected chi connectivity index (χ0v) is 12.3. The lowest BCUT2D eigenvalue weighted by molar-refractivity contribution is 0.204. The molecular weight excluding hydrogens is 278 g/mol. The SMILES string of the molecule is C[C@@H]1CCC[C@H](C)N1S(=O)(=O)c1cccc2nonc12. The van der Waals surface area contributed by atoms with E-state index in [0.29, 0.717) is 11.0 Å². The van der Waals surface area contributed by atoms with Crippen molar-refractivity contribution in [1.29, 1.82) is 0 Å². The van der Waals surface area contributed by atoms with E-state index in [1.54, 1.807) is 22.5 Å². The van der Waals surface area contributed by atoms with Gasteiger partial charge in [0.1, 0.15) is 10.4 Å².